The van der Waals surface area contributed by atoms with Crippen molar-refractivity contribution < 1.29 is 4.58 Å². The van der Waals surface area contributed by atoms with Gasteiger partial charge in [0.05, 0.1) is 5.41 Å². The number of aryl methyl sites for hydroxylation is 1. The van der Waals surface area contributed by atoms with Gasteiger partial charge >= 0.3 is 0 Å². The van der Waals surface area contributed by atoms with Crippen LogP contribution >= 0.6 is 0 Å². The molecule has 11 aromatic rings. The Bertz CT molecular complexity index is 4820. The van der Waals surface area contributed by atoms with Crippen molar-refractivity contribution in [1.29, 1.82) is 0 Å². The highest BCUT2D eigenvalue weighted by Gasteiger charge is 2.52. The van der Waals surface area contributed by atoms with Crippen LogP contribution in [0.3, 0.4) is 0 Å². The zero-order chi connectivity index (χ0) is 62.3. The molecule has 3 aliphatic heterocycles. The van der Waals surface area contributed by atoms with E-state index < -0.39 is 5.41 Å². The molecule has 444 valence electrons. The zero-order valence-corrected chi connectivity index (χ0v) is 54.0. The average Bonchev–Trinajstić information content (AvgIpc) is 1.59. The first-order chi connectivity index (χ1) is 43.5. The number of anilines is 2. The molecule has 0 fully saturated rings. The summed E-state index contributed by atoms with van der Waals surface area (Å²) in [7, 11) is 2.26. The van der Waals surface area contributed by atoms with E-state index in [2.05, 4.69) is 351 Å². The third-order valence-corrected chi connectivity index (χ3v) is 21.6. The summed E-state index contributed by atoms with van der Waals surface area (Å²) in [6.07, 6.45) is 14.1. The van der Waals surface area contributed by atoms with Crippen molar-refractivity contribution in [1.82, 2.24) is 0 Å². The molecule has 4 atom stereocenters. The van der Waals surface area contributed by atoms with Crippen molar-refractivity contribution in [2.75, 3.05) is 16.8 Å². The minimum atomic E-state index is -0.417. The molecule has 0 aromatic heterocycles. The van der Waals surface area contributed by atoms with E-state index >= 15 is 0 Å². The van der Waals surface area contributed by atoms with Crippen molar-refractivity contribution >= 4 is 65.9 Å². The maximum atomic E-state index is 4.98. The van der Waals surface area contributed by atoms with Gasteiger partial charge in [0.1, 0.15) is 7.05 Å². The summed E-state index contributed by atoms with van der Waals surface area (Å²) in [5.41, 5.74) is 19.3. The van der Waals surface area contributed by atoms with Gasteiger partial charge in [-0.25, -0.2) is 0 Å². The lowest BCUT2D eigenvalue weighted by Gasteiger charge is -2.40. The van der Waals surface area contributed by atoms with E-state index in [1.165, 1.54) is 127 Å². The quantitative estimate of drug-likeness (QED) is 0.0793. The van der Waals surface area contributed by atoms with Crippen LogP contribution in [-0.4, -0.2) is 17.3 Å². The smallest absolute Gasteiger partial charge is 0.210 e. The van der Waals surface area contributed by atoms with Crippen LogP contribution in [0.4, 0.5) is 17.1 Å². The van der Waals surface area contributed by atoms with Crippen LogP contribution in [0.1, 0.15) is 117 Å². The van der Waals surface area contributed by atoms with Gasteiger partial charge in [0.15, 0.2) is 5.71 Å². The van der Waals surface area contributed by atoms with Crippen LogP contribution in [0.15, 0.2) is 291 Å². The molecular weight excluding hydrogens is 1090 g/mol. The van der Waals surface area contributed by atoms with Gasteiger partial charge in [-0.2, -0.15) is 4.58 Å². The highest BCUT2D eigenvalue weighted by Crippen LogP contribution is 2.55. The molecule has 11 aromatic carbocycles. The van der Waals surface area contributed by atoms with Gasteiger partial charge in [-0.15, -0.1) is 0 Å². The molecule has 0 aliphatic carbocycles. The summed E-state index contributed by atoms with van der Waals surface area (Å²) < 4.78 is 2.45. The van der Waals surface area contributed by atoms with Gasteiger partial charge in [0.2, 0.25) is 5.69 Å². The molecule has 3 aliphatic rings. The Morgan fingerprint density at radius 1 is 0.489 bits per heavy atom. The molecule has 0 saturated heterocycles. The monoisotopic (exact) mass is 1170 g/mol. The highest BCUT2D eigenvalue weighted by molar-refractivity contribution is 6.09. The molecule has 0 saturated carbocycles. The maximum Gasteiger partial charge on any atom is 0.210 e. The fraction of sp³-hybridized carbons (Fsp3) is 0.207. The van der Waals surface area contributed by atoms with Gasteiger partial charge in [-0.05, 0) is 143 Å². The van der Waals surface area contributed by atoms with E-state index in [9.17, 15) is 0 Å². The summed E-state index contributed by atoms with van der Waals surface area (Å²) in [6.45, 7) is 28.0. The van der Waals surface area contributed by atoms with Crippen molar-refractivity contribution in [3.63, 3.8) is 0 Å². The van der Waals surface area contributed by atoms with Crippen LogP contribution in [0.2, 0.25) is 0 Å². The SMILES string of the molecule is C=C(/C=C/C=C1/N(Cc2ccc(CN3/C(=C/C=C/C4=[N+](C)c5ccc6ccccc6c5C4(C)C(C)c4ccccc4)C(C)(C)c4c3ccc3ccccc43)cc2)c2ccc3ccccc3c2C1(C)C)C(C)(c1c(C)ccc2ccccc12)C(C)c1ccccc1. The van der Waals surface area contributed by atoms with Crippen molar-refractivity contribution in [2.24, 2.45) is 0 Å². The van der Waals surface area contributed by atoms with Crippen LogP contribution < -0.4 is 9.80 Å². The van der Waals surface area contributed by atoms with Crippen LogP contribution in [0, 0.1) is 6.92 Å². The van der Waals surface area contributed by atoms with E-state index in [1.54, 1.807) is 0 Å². The first-order valence-electron chi connectivity index (χ1n) is 32.4. The molecule has 0 amide bonds. The van der Waals surface area contributed by atoms with Gasteiger partial charge in [0.25, 0.3) is 0 Å². The molecule has 90 heavy (non-hydrogen) atoms. The number of hydrogen-bond acceptors (Lipinski definition) is 2. The van der Waals surface area contributed by atoms with E-state index in [-0.39, 0.29) is 28.1 Å². The lowest BCUT2D eigenvalue weighted by molar-refractivity contribution is -0.401. The molecular formula is C87H82N3+. The van der Waals surface area contributed by atoms with E-state index in [1.807, 2.05) is 0 Å². The van der Waals surface area contributed by atoms with E-state index in [0.29, 0.717) is 0 Å². The normalized spacial score (nSPS) is 19.0. The molecule has 14 rings (SSSR count). The number of hydrogen-bond donors (Lipinski definition) is 0. The summed E-state index contributed by atoms with van der Waals surface area (Å²) in [6, 6.07) is 85.7. The van der Waals surface area contributed by atoms with Gasteiger partial charge in [-0.1, -0.05) is 280 Å². The fourth-order valence-electron chi connectivity index (χ4n) is 16.5. The Kier molecular flexibility index (Phi) is 14.5. The Labute approximate surface area is 533 Å². The first kappa shape index (κ1) is 58.1. The molecule has 0 radical (unpaired) electrons. The van der Waals surface area contributed by atoms with Gasteiger partial charge < -0.3 is 9.80 Å². The van der Waals surface area contributed by atoms with Gasteiger partial charge in [0, 0.05) is 75.7 Å². The summed E-state index contributed by atoms with van der Waals surface area (Å²) in [5, 5.41) is 10.3. The second kappa shape index (κ2) is 22.5. The largest absolute Gasteiger partial charge is 0.340 e. The van der Waals surface area contributed by atoms with Crippen molar-refractivity contribution in [3.8, 4) is 0 Å². The molecule has 0 N–H and O–H groups in total. The highest BCUT2D eigenvalue weighted by atomic mass is 15.2. The summed E-state index contributed by atoms with van der Waals surface area (Å²) in [4.78, 5) is 5.17. The lowest BCUT2D eigenvalue weighted by atomic mass is 9.63. The van der Waals surface area contributed by atoms with Gasteiger partial charge in [-0.3, -0.25) is 0 Å². The topological polar surface area (TPSA) is 9.49 Å². The minimum Gasteiger partial charge on any atom is -0.340 e. The Balaban J connectivity index is 0.812. The molecule has 3 nitrogen and oxygen atoms in total. The summed E-state index contributed by atoms with van der Waals surface area (Å²) in [5.74, 6) is 0.351. The second-order valence-electron chi connectivity index (χ2n) is 27.2. The Morgan fingerprint density at radius 2 is 0.911 bits per heavy atom. The van der Waals surface area contributed by atoms with E-state index in [4.69, 9.17) is 6.58 Å². The van der Waals surface area contributed by atoms with Crippen molar-refractivity contribution in [3.05, 3.63) is 341 Å². The Morgan fingerprint density at radius 3 is 1.43 bits per heavy atom. The number of allylic oxidation sites excluding steroid dienone is 9. The molecule has 4 unspecified atom stereocenters. The van der Waals surface area contributed by atoms with Crippen LogP contribution in [-0.2, 0) is 34.7 Å². The predicted octanol–water partition coefficient (Wildman–Crippen LogP) is 21.9. The fourth-order valence-corrected chi connectivity index (χ4v) is 16.5. The molecule has 0 bridgehead atoms. The number of benzene rings is 11. The number of rotatable bonds is 14. The standard InChI is InChI=1S/C87H82N3/c1-58-44-49-66-33-18-22-37-70(66)80(58)86(9,60(3)64-29-14-12-15-30-64)59(2)28-26-41-77-84(5,6)81-71-38-23-19-34-67(71)51-54-75(81)89(77)56-62-45-47-63(48-46-62)57-90-76-55-52-68-35-20-24-39-72(68)82(76)85(7,8)78(90)42-27-43-79-87(10,61(4)65-31-16-13-17-32-65)83-73-40-25-21-36-69(73)50-53-74(83)88(79)11/h12-55,60-61H,2,56-57H2,1,3-11H3/q+1/b28-26+,77-41+. The second-order valence-corrected chi connectivity index (χ2v) is 27.2. The number of nitrogens with zero attached hydrogens (tertiary/aromatic N) is 3. The zero-order valence-electron chi connectivity index (χ0n) is 54.0. The molecule has 3 heteroatoms. The predicted molar refractivity (Wildman–Crippen MR) is 384 cm³/mol. The minimum absolute atomic E-state index is 0.145. The maximum absolute atomic E-state index is 4.98. The summed E-state index contributed by atoms with van der Waals surface area (Å²) >= 11 is 0. The average molecular weight is 1170 g/mol. The molecule has 0 spiro atoms. The Hall–Kier alpha value is -9.57. The lowest BCUT2D eigenvalue weighted by Crippen LogP contribution is -2.36. The van der Waals surface area contributed by atoms with Crippen LogP contribution in [0.5, 0.6) is 0 Å². The van der Waals surface area contributed by atoms with E-state index in [0.717, 1.165) is 18.7 Å². The third kappa shape index (κ3) is 9.34. The third-order valence-electron chi connectivity index (χ3n) is 21.6. The van der Waals surface area contributed by atoms with Crippen molar-refractivity contribution in [2.45, 2.75) is 109 Å². The number of fused-ring (bicyclic) bond motifs is 10. The van der Waals surface area contributed by atoms with Crippen LogP contribution in [0.25, 0.3) is 43.1 Å². The first-order valence-corrected chi connectivity index (χ1v) is 32.4. The molecule has 3 heterocycles.